The lowest BCUT2D eigenvalue weighted by Gasteiger charge is -2.15. The smallest absolute Gasteiger partial charge is 0.193 e. The van der Waals surface area contributed by atoms with Crippen LogP contribution in [0.1, 0.15) is 44.8 Å². The largest absolute Gasteiger partial charge is 0.379 e. The molecule has 0 amide bonds. The molecule has 3 rings (SSSR count). The highest BCUT2D eigenvalue weighted by Gasteiger charge is 2.21. The predicted molar refractivity (Wildman–Crippen MR) is 81.6 cm³/mol. The second kappa shape index (κ2) is 5.68. The van der Waals surface area contributed by atoms with Crippen LogP contribution < -0.4 is 5.32 Å². The molecule has 0 aromatic carbocycles. The van der Waals surface area contributed by atoms with Gasteiger partial charge < -0.3 is 10.1 Å². The summed E-state index contributed by atoms with van der Waals surface area (Å²) in [5.41, 5.74) is 1.95. The van der Waals surface area contributed by atoms with Gasteiger partial charge in [-0.2, -0.15) is 9.90 Å². The molecule has 0 saturated carbocycles. The highest BCUT2D eigenvalue weighted by Crippen LogP contribution is 2.24. The molecular weight excluding hydrogens is 282 g/mol. The lowest BCUT2D eigenvalue weighted by atomic mass is 10.1. The number of nitrogens with one attached hydrogen (secondary N) is 1. The minimum Gasteiger partial charge on any atom is -0.379 e. The molecule has 1 fully saturated rings. The molecule has 2 aromatic heterocycles. The molecule has 1 saturated heterocycles. The molecule has 1 atom stereocenters. The van der Waals surface area contributed by atoms with Crippen LogP contribution in [0, 0.1) is 6.92 Å². The number of anilines is 1. The molecule has 8 heteroatoms. The van der Waals surface area contributed by atoms with Crippen molar-refractivity contribution >= 4 is 5.69 Å². The summed E-state index contributed by atoms with van der Waals surface area (Å²) >= 11 is 0. The van der Waals surface area contributed by atoms with Crippen LogP contribution in [0.2, 0.25) is 0 Å². The van der Waals surface area contributed by atoms with Crippen molar-refractivity contribution in [1.29, 1.82) is 0 Å². The van der Waals surface area contributed by atoms with Gasteiger partial charge in [0.05, 0.1) is 42.3 Å². The fourth-order valence-electron chi connectivity index (χ4n) is 2.45. The SMILES string of the molecule is Cc1c(NCc2nnn(C(C)(C)C)n2)cnn1C1CCOC1. The number of tetrazole rings is 1. The molecule has 0 spiro atoms. The van der Waals surface area contributed by atoms with E-state index < -0.39 is 0 Å². The van der Waals surface area contributed by atoms with Gasteiger partial charge in [0.25, 0.3) is 0 Å². The van der Waals surface area contributed by atoms with Crippen molar-refractivity contribution in [2.24, 2.45) is 0 Å². The van der Waals surface area contributed by atoms with Crippen LogP contribution in [0.25, 0.3) is 0 Å². The fourth-order valence-corrected chi connectivity index (χ4v) is 2.45. The van der Waals surface area contributed by atoms with E-state index in [9.17, 15) is 0 Å². The Bertz CT molecular complexity index is 634. The first-order valence-corrected chi connectivity index (χ1v) is 7.60. The third-order valence-electron chi connectivity index (χ3n) is 3.79. The molecular formula is C14H23N7O. The number of rotatable bonds is 4. The zero-order valence-corrected chi connectivity index (χ0v) is 13.6. The topological polar surface area (TPSA) is 82.7 Å². The van der Waals surface area contributed by atoms with Gasteiger partial charge in [-0.05, 0) is 39.3 Å². The molecule has 3 heterocycles. The van der Waals surface area contributed by atoms with Gasteiger partial charge in [0.1, 0.15) is 0 Å². The average molecular weight is 305 g/mol. The van der Waals surface area contributed by atoms with Crippen LogP contribution >= 0.6 is 0 Å². The van der Waals surface area contributed by atoms with E-state index in [2.05, 4.69) is 32.7 Å². The molecule has 1 N–H and O–H groups in total. The maximum Gasteiger partial charge on any atom is 0.193 e. The molecule has 2 aromatic rings. The van der Waals surface area contributed by atoms with E-state index in [0.717, 1.165) is 31.0 Å². The van der Waals surface area contributed by atoms with E-state index >= 15 is 0 Å². The second-order valence-corrected chi connectivity index (χ2v) is 6.63. The van der Waals surface area contributed by atoms with Crippen molar-refractivity contribution in [3.8, 4) is 0 Å². The Morgan fingerprint density at radius 3 is 2.86 bits per heavy atom. The summed E-state index contributed by atoms with van der Waals surface area (Å²) in [5, 5.41) is 20.4. The van der Waals surface area contributed by atoms with E-state index in [1.54, 1.807) is 4.80 Å². The monoisotopic (exact) mass is 305 g/mol. The third-order valence-corrected chi connectivity index (χ3v) is 3.79. The zero-order chi connectivity index (χ0) is 15.7. The lowest BCUT2D eigenvalue weighted by Crippen LogP contribution is -2.24. The summed E-state index contributed by atoms with van der Waals surface area (Å²) in [4.78, 5) is 1.64. The predicted octanol–water partition coefficient (Wildman–Crippen LogP) is 1.51. The highest BCUT2D eigenvalue weighted by atomic mass is 16.5. The molecule has 120 valence electrons. The molecule has 8 nitrogen and oxygen atoms in total. The number of ether oxygens (including phenoxy) is 1. The lowest BCUT2D eigenvalue weighted by molar-refractivity contribution is 0.184. The number of aromatic nitrogens is 6. The van der Waals surface area contributed by atoms with Gasteiger partial charge in [0.2, 0.25) is 0 Å². The number of hydrogen-bond donors (Lipinski definition) is 1. The van der Waals surface area contributed by atoms with Gasteiger partial charge in [-0.3, -0.25) is 4.68 Å². The van der Waals surface area contributed by atoms with Crippen molar-refractivity contribution in [3.05, 3.63) is 17.7 Å². The van der Waals surface area contributed by atoms with Crippen molar-refractivity contribution in [1.82, 2.24) is 30.0 Å². The van der Waals surface area contributed by atoms with Gasteiger partial charge >= 0.3 is 0 Å². The molecule has 1 aliphatic rings. The average Bonchev–Trinajstić information content (AvgIpc) is 3.16. The van der Waals surface area contributed by atoms with Crippen LogP contribution in [-0.4, -0.2) is 43.2 Å². The second-order valence-electron chi connectivity index (χ2n) is 6.63. The summed E-state index contributed by atoms with van der Waals surface area (Å²) in [6, 6.07) is 0.343. The minimum atomic E-state index is -0.158. The third kappa shape index (κ3) is 2.96. The number of hydrogen-bond acceptors (Lipinski definition) is 6. The normalized spacial score (nSPS) is 18.8. The Hall–Kier alpha value is -1.96. The molecule has 0 radical (unpaired) electrons. The molecule has 22 heavy (non-hydrogen) atoms. The summed E-state index contributed by atoms with van der Waals surface area (Å²) < 4.78 is 7.46. The Balaban J connectivity index is 1.65. The summed E-state index contributed by atoms with van der Waals surface area (Å²) in [5.74, 6) is 0.672. The van der Waals surface area contributed by atoms with E-state index in [4.69, 9.17) is 4.74 Å². The summed E-state index contributed by atoms with van der Waals surface area (Å²) in [6.45, 7) is 10.3. The van der Waals surface area contributed by atoms with Gasteiger partial charge in [0.15, 0.2) is 5.82 Å². The standard InChI is InChI=1S/C14H23N7O/c1-10-12(7-16-20(10)11-5-6-22-9-11)15-8-13-17-19-21(18-13)14(2,3)4/h7,11,15H,5-6,8-9H2,1-4H3. The van der Waals surface area contributed by atoms with Crippen LogP contribution in [-0.2, 0) is 16.8 Å². The maximum atomic E-state index is 5.43. The molecule has 0 aliphatic carbocycles. The van der Waals surface area contributed by atoms with Gasteiger partial charge in [0, 0.05) is 6.61 Å². The van der Waals surface area contributed by atoms with E-state index in [-0.39, 0.29) is 5.54 Å². The van der Waals surface area contributed by atoms with Crippen molar-refractivity contribution in [2.75, 3.05) is 18.5 Å². The van der Waals surface area contributed by atoms with Crippen molar-refractivity contribution in [3.63, 3.8) is 0 Å². The summed E-state index contributed by atoms with van der Waals surface area (Å²) in [7, 11) is 0. The van der Waals surface area contributed by atoms with Gasteiger partial charge in [-0.1, -0.05) is 0 Å². The van der Waals surface area contributed by atoms with Crippen LogP contribution in [0.15, 0.2) is 6.20 Å². The molecule has 0 bridgehead atoms. The number of nitrogens with zero attached hydrogens (tertiary/aromatic N) is 6. The van der Waals surface area contributed by atoms with Crippen molar-refractivity contribution < 1.29 is 4.74 Å². The minimum absolute atomic E-state index is 0.158. The zero-order valence-electron chi connectivity index (χ0n) is 13.6. The summed E-state index contributed by atoms with van der Waals surface area (Å²) in [6.07, 6.45) is 2.87. The maximum absolute atomic E-state index is 5.43. The van der Waals surface area contributed by atoms with E-state index in [0.29, 0.717) is 18.4 Å². The first-order valence-electron chi connectivity index (χ1n) is 7.60. The first kappa shape index (κ1) is 15.0. The van der Waals surface area contributed by atoms with E-state index in [1.165, 1.54) is 0 Å². The molecule has 1 aliphatic heterocycles. The van der Waals surface area contributed by atoms with E-state index in [1.807, 2.05) is 31.6 Å². The van der Waals surface area contributed by atoms with Crippen molar-refractivity contribution in [2.45, 2.75) is 52.2 Å². The van der Waals surface area contributed by atoms with Gasteiger partial charge in [-0.25, -0.2) is 0 Å². The Kier molecular flexibility index (Phi) is 3.86. The van der Waals surface area contributed by atoms with Crippen LogP contribution in [0.3, 0.4) is 0 Å². The van der Waals surface area contributed by atoms with Crippen LogP contribution in [0.4, 0.5) is 5.69 Å². The quantitative estimate of drug-likeness (QED) is 0.922. The fraction of sp³-hybridized carbons (Fsp3) is 0.714. The molecule has 1 unspecified atom stereocenters. The highest BCUT2D eigenvalue weighted by molar-refractivity contribution is 5.45. The Labute approximate surface area is 129 Å². The van der Waals surface area contributed by atoms with Gasteiger partial charge in [-0.15, -0.1) is 10.2 Å². The Morgan fingerprint density at radius 1 is 1.41 bits per heavy atom. The van der Waals surface area contributed by atoms with Crippen LogP contribution in [0.5, 0.6) is 0 Å². The Morgan fingerprint density at radius 2 is 2.23 bits per heavy atom. The first-order chi connectivity index (χ1) is 10.4.